The fourth-order valence-corrected chi connectivity index (χ4v) is 3.34. The summed E-state index contributed by atoms with van der Waals surface area (Å²) in [6.45, 7) is 3.74. The molecule has 0 radical (unpaired) electrons. The first kappa shape index (κ1) is 17.7. The lowest BCUT2D eigenvalue weighted by Gasteiger charge is -2.17. The van der Waals surface area contributed by atoms with Gasteiger partial charge in [0.1, 0.15) is 0 Å². The summed E-state index contributed by atoms with van der Waals surface area (Å²) in [5, 5.41) is 3.58. The first-order valence-electron chi connectivity index (χ1n) is 6.71. The van der Waals surface area contributed by atoms with E-state index in [1.807, 2.05) is 0 Å². The van der Waals surface area contributed by atoms with Crippen LogP contribution < -0.4 is 5.30 Å². The van der Waals surface area contributed by atoms with Crippen molar-refractivity contribution in [3.8, 4) is 11.4 Å². The largest absolute Gasteiger partial charge is 0.471 e. The van der Waals surface area contributed by atoms with Gasteiger partial charge in [0.2, 0.25) is 5.82 Å². The summed E-state index contributed by atoms with van der Waals surface area (Å²) in [7, 11) is -3.45. The maximum Gasteiger partial charge on any atom is 0.471 e. The molecule has 2 rings (SSSR count). The summed E-state index contributed by atoms with van der Waals surface area (Å²) >= 11 is 0. The van der Waals surface area contributed by atoms with Gasteiger partial charge in [-0.2, -0.15) is 18.2 Å². The lowest BCUT2D eigenvalue weighted by atomic mass is 10.2. The Balaban J connectivity index is 2.28. The van der Waals surface area contributed by atoms with Crippen LogP contribution in [0, 0.1) is 0 Å². The molecule has 0 saturated carbocycles. The Morgan fingerprint density at radius 3 is 2.13 bits per heavy atom. The van der Waals surface area contributed by atoms with Gasteiger partial charge in [-0.15, -0.1) is 0 Å². The smallest absolute Gasteiger partial charge is 0.329 e. The minimum Gasteiger partial charge on any atom is -0.329 e. The molecule has 0 aliphatic carbocycles. The normalized spacial score (nSPS) is 12.6. The standard InChI is InChI=1S/C13H14F3N2O4P/c1-3-20-23(19,21-4-2)10-7-5-9(6-8-10)11-17-12(22-18-11)13(14,15)16/h5-8H,3-4H2,1-2H3. The zero-order chi connectivity index (χ0) is 17.1. The first-order valence-corrected chi connectivity index (χ1v) is 8.25. The third-order valence-corrected chi connectivity index (χ3v) is 4.84. The van der Waals surface area contributed by atoms with E-state index in [0.29, 0.717) is 5.30 Å². The van der Waals surface area contributed by atoms with Crippen LogP contribution in [0.25, 0.3) is 11.4 Å². The summed E-state index contributed by atoms with van der Waals surface area (Å²) < 4.78 is 64.4. The molecule has 0 unspecified atom stereocenters. The zero-order valence-electron chi connectivity index (χ0n) is 12.3. The van der Waals surface area contributed by atoms with E-state index in [4.69, 9.17) is 9.05 Å². The van der Waals surface area contributed by atoms with Crippen molar-refractivity contribution in [1.82, 2.24) is 10.1 Å². The van der Waals surface area contributed by atoms with E-state index >= 15 is 0 Å². The van der Waals surface area contributed by atoms with Crippen molar-refractivity contribution in [3.05, 3.63) is 30.2 Å². The number of benzene rings is 1. The molecule has 0 aliphatic rings. The summed E-state index contributed by atoms with van der Waals surface area (Å²) in [6, 6.07) is 5.71. The Hall–Kier alpha value is -1.70. The van der Waals surface area contributed by atoms with Gasteiger partial charge < -0.3 is 13.6 Å². The van der Waals surface area contributed by atoms with Crippen molar-refractivity contribution in [1.29, 1.82) is 0 Å². The molecule has 1 heterocycles. The van der Waals surface area contributed by atoms with Crippen LogP contribution >= 0.6 is 7.60 Å². The topological polar surface area (TPSA) is 74.5 Å². The predicted molar refractivity (Wildman–Crippen MR) is 75.2 cm³/mol. The van der Waals surface area contributed by atoms with E-state index < -0.39 is 19.7 Å². The Kier molecular flexibility index (Phi) is 5.23. The van der Waals surface area contributed by atoms with E-state index in [1.165, 1.54) is 24.3 Å². The molecule has 1 aromatic heterocycles. The lowest BCUT2D eigenvalue weighted by Crippen LogP contribution is -2.10. The molecular weight excluding hydrogens is 336 g/mol. The van der Waals surface area contributed by atoms with Crippen LogP contribution in [0.2, 0.25) is 0 Å². The number of aromatic nitrogens is 2. The molecular formula is C13H14F3N2O4P. The Morgan fingerprint density at radius 1 is 1.13 bits per heavy atom. The molecule has 0 bridgehead atoms. The molecule has 1 aromatic carbocycles. The summed E-state index contributed by atoms with van der Waals surface area (Å²) in [5.74, 6) is -1.64. The van der Waals surface area contributed by atoms with Gasteiger partial charge in [-0.3, -0.25) is 4.57 Å². The zero-order valence-corrected chi connectivity index (χ0v) is 13.2. The van der Waals surface area contributed by atoms with Crippen LogP contribution in [-0.2, 0) is 19.8 Å². The number of hydrogen-bond donors (Lipinski definition) is 0. The molecule has 6 nitrogen and oxygen atoms in total. The van der Waals surface area contributed by atoms with Crippen molar-refractivity contribution in [2.75, 3.05) is 13.2 Å². The molecule has 23 heavy (non-hydrogen) atoms. The van der Waals surface area contributed by atoms with Crippen LogP contribution in [0.5, 0.6) is 0 Å². The number of halogens is 3. The highest BCUT2D eigenvalue weighted by atomic mass is 31.2. The molecule has 0 aliphatic heterocycles. The van der Waals surface area contributed by atoms with Crippen molar-refractivity contribution in [2.24, 2.45) is 0 Å². The molecule has 0 spiro atoms. The maximum absolute atomic E-state index is 12.6. The monoisotopic (exact) mass is 350 g/mol. The average molecular weight is 350 g/mol. The second-order valence-corrected chi connectivity index (χ2v) is 6.33. The van der Waals surface area contributed by atoms with Gasteiger partial charge in [-0.1, -0.05) is 17.3 Å². The number of alkyl halides is 3. The highest BCUT2D eigenvalue weighted by molar-refractivity contribution is 7.62. The summed E-state index contributed by atoms with van der Waals surface area (Å²) in [4.78, 5) is 3.28. The van der Waals surface area contributed by atoms with Gasteiger partial charge in [0, 0.05) is 5.56 Å². The number of hydrogen-bond acceptors (Lipinski definition) is 6. The maximum atomic E-state index is 12.6. The van der Waals surface area contributed by atoms with Crippen molar-refractivity contribution in [3.63, 3.8) is 0 Å². The predicted octanol–water partition coefficient (Wildman–Crippen LogP) is 3.65. The number of nitrogens with zero attached hydrogens (tertiary/aromatic N) is 2. The van der Waals surface area contributed by atoms with Gasteiger partial charge in [0.05, 0.1) is 18.5 Å². The third-order valence-electron chi connectivity index (χ3n) is 2.71. The average Bonchev–Trinajstić information content (AvgIpc) is 2.98. The fourth-order valence-electron chi connectivity index (χ4n) is 1.78. The van der Waals surface area contributed by atoms with Crippen LogP contribution in [-0.4, -0.2) is 23.4 Å². The van der Waals surface area contributed by atoms with Crippen LogP contribution in [0.4, 0.5) is 13.2 Å². The number of rotatable bonds is 6. The van der Waals surface area contributed by atoms with Crippen molar-refractivity contribution in [2.45, 2.75) is 20.0 Å². The SMILES string of the molecule is CCOP(=O)(OCC)c1ccc(-c2noc(C(F)(F)F)n2)cc1. The quantitative estimate of drug-likeness (QED) is 0.741. The van der Waals surface area contributed by atoms with Crippen molar-refractivity contribution >= 4 is 12.9 Å². The Morgan fingerprint density at radius 2 is 1.70 bits per heavy atom. The third kappa shape index (κ3) is 3.99. The molecule has 126 valence electrons. The van der Waals surface area contributed by atoms with E-state index in [9.17, 15) is 17.7 Å². The van der Waals surface area contributed by atoms with Gasteiger partial charge in [-0.05, 0) is 26.0 Å². The minimum atomic E-state index is -4.70. The van der Waals surface area contributed by atoms with Gasteiger partial charge >= 0.3 is 19.7 Å². The Labute approximate surface area is 130 Å². The molecule has 0 fully saturated rings. The van der Waals surface area contributed by atoms with E-state index in [0.717, 1.165) is 0 Å². The Bertz CT molecular complexity index is 690. The van der Waals surface area contributed by atoms with E-state index in [2.05, 4.69) is 14.7 Å². The molecule has 0 saturated heterocycles. The summed E-state index contributed by atoms with van der Waals surface area (Å²) in [5.41, 5.74) is 0.285. The first-order chi connectivity index (χ1) is 10.8. The second kappa shape index (κ2) is 6.82. The van der Waals surface area contributed by atoms with Gasteiger partial charge in [-0.25, -0.2) is 0 Å². The fraction of sp³-hybridized carbons (Fsp3) is 0.385. The molecule has 2 aromatic rings. The van der Waals surface area contributed by atoms with Gasteiger partial charge in [0.25, 0.3) is 0 Å². The van der Waals surface area contributed by atoms with E-state index in [1.54, 1.807) is 13.8 Å². The molecule has 0 atom stereocenters. The van der Waals surface area contributed by atoms with Gasteiger partial charge in [0.15, 0.2) is 0 Å². The van der Waals surface area contributed by atoms with Crippen LogP contribution in [0.15, 0.2) is 28.8 Å². The highest BCUT2D eigenvalue weighted by Crippen LogP contribution is 2.46. The second-order valence-electron chi connectivity index (χ2n) is 4.30. The summed E-state index contributed by atoms with van der Waals surface area (Å²) in [6.07, 6.45) is -4.70. The molecule has 0 amide bonds. The molecule has 0 N–H and O–H groups in total. The highest BCUT2D eigenvalue weighted by Gasteiger charge is 2.38. The van der Waals surface area contributed by atoms with Crippen molar-refractivity contribution < 1.29 is 31.3 Å². The van der Waals surface area contributed by atoms with Crippen LogP contribution in [0.1, 0.15) is 19.7 Å². The molecule has 10 heteroatoms. The van der Waals surface area contributed by atoms with E-state index in [-0.39, 0.29) is 24.6 Å². The minimum absolute atomic E-state index is 0.193. The van der Waals surface area contributed by atoms with Crippen LogP contribution in [0.3, 0.4) is 0 Å². The lowest BCUT2D eigenvalue weighted by molar-refractivity contribution is -0.159.